The molecule has 1 atom stereocenters. The lowest BCUT2D eigenvalue weighted by Gasteiger charge is -2.25. The summed E-state index contributed by atoms with van der Waals surface area (Å²) in [6, 6.07) is 12.6. The molecule has 1 aromatic heterocycles. The molecule has 1 unspecified atom stereocenters. The van der Waals surface area contributed by atoms with Crippen LogP contribution in [0.2, 0.25) is 0 Å². The number of carbonyl (C=O) groups is 2. The summed E-state index contributed by atoms with van der Waals surface area (Å²) in [4.78, 5) is 28.4. The number of ether oxygens (including phenoxy) is 1. The zero-order valence-corrected chi connectivity index (χ0v) is 17.0. The van der Waals surface area contributed by atoms with Crippen LogP contribution < -0.4 is 20.1 Å². The molecule has 2 heterocycles. The van der Waals surface area contributed by atoms with Crippen molar-refractivity contribution in [2.75, 3.05) is 15.4 Å². The van der Waals surface area contributed by atoms with Crippen LogP contribution in [-0.4, -0.2) is 31.3 Å². The lowest BCUT2D eigenvalue weighted by molar-refractivity contribution is -0.128. The van der Waals surface area contributed by atoms with Gasteiger partial charge in [0.15, 0.2) is 11.2 Å². The number of carbonyl (C=O) groups excluding carboxylic acids is 2. The summed E-state index contributed by atoms with van der Waals surface area (Å²) in [6.07, 6.45) is 0.351. The number of fused-ring (bicyclic) bond motifs is 1. The molecule has 9 nitrogen and oxygen atoms in total. The van der Waals surface area contributed by atoms with Crippen LogP contribution in [0.1, 0.15) is 6.42 Å². The fourth-order valence-corrected chi connectivity index (χ4v) is 4.56. The summed E-state index contributed by atoms with van der Waals surface area (Å²) in [7, 11) is -3.77. The van der Waals surface area contributed by atoms with E-state index >= 15 is 0 Å². The molecule has 2 amide bonds. The van der Waals surface area contributed by atoms with Gasteiger partial charge in [0.2, 0.25) is 5.91 Å². The molecule has 11 heteroatoms. The Labute approximate surface area is 176 Å². The van der Waals surface area contributed by atoms with Gasteiger partial charge >= 0.3 is 0 Å². The average Bonchev–Trinajstić information content (AvgIpc) is 3.21. The largest absolute Gasteiger partial charge is 0.478 e. The maximum absolute atomic E-state index is 12.3. The molecule has 0 aliphatic carbocycles. The third-order valence-corrected chi connectivity index (χ3v) is 6.35. The second-order valence-corrected chi connectivity index (χ2v) is 8.89. The fraction of sp³-hybridized carbons (Fsp3) is 0.105. The topological polar surface area (TPSA) is 126 Å². The molecule has 3 aromatic rings. The van der Waals surface area contributed by atoms with E-state index < -0.39 is 27.9 Å². The van der Waals surface area contributed by atoms with Crippen LogP contribution in [0.15, 0.2) is 65.0 Å². The van der Waals surface area contributed by atoms with Gasteiger partial charge in [-0.3, -0.25) is 14.3 Å². The SMILES string of the molecule is O=C(CC1Oc2ccccc2NC1=O)Nc1ccc(S(=O)(=O)Nc2nccs2)cc1. The number of aromatic nitrogens is 1. The summed E-state index contributed by atoms with van der Waals surface area (Å²) in [5, 5.41) is 7.25. The van der Waals surface area contributed by atoms with Crippen molar-refractivity contribution in [1.82, 2.24) is 4.98 Å². The predicted molar refractivity (Wildman–Crippen MR) is 112 cm³/mol. The molecule has 0 spiro atoms. The van der Waals surface area contributed by atoms with Crippen LogP contribution in [0, 0.1) is 0 Å². The van der Waals surface area contributed by atoms with Crippen LogP contribution in [0.5, 0.6) is 5.75 Å². The summed E-state index contributed by atoms with van der Waals surface area (Å²) >= 11 is 1.17. The smallest absolute Gasteiger partial charge is 0.266 e. The van der Waals surface area contributed by atoms with Crippen molar-refractivity contribution in [3.63, 3.8) is 0 Å². The summed E-state index contributed by atoms with van der Waals surface area (Å²) in [6.45, 7) is 0. The fourth-order valence-electron chi connectivity index (χ4n) is 2.77. The first-order valence-corrected chi connectivity index (χ1v) is 11.2. The van der Waals surface area contributed by atoms with Gasteiger partial charge < -0.3 is 15.4 Å². The minimum absolute atomic E-state index is 0.0299. The standard InChI is InChI=1S/C19H16N4O5S2/c24-17(11-16-18(25)22-14-3-1-2-4-15(14)28-16)21-12-5-7-13(8-6-12)30(26,27)23-19-20-9-10-29-19/h1-10,16H,11H2,(H,20,23)(H,21,24)(H,22,25). The molecule has 2 aromatic carbocycles. The number of amides is 2. The Morgan fingerprint density at radius 2 is 1.93 bits per heavy atom. The van der Waals surface area contributed by atoms with Crippen LogP contribution >= 0.6 is 11.3 Å². The van der Waals surface area contributed by atoms with Gasteiger partial charge in [0.05, 0.1) is 17.0 Å². The predicted octanol–water partition coefficient (Wildman–Crippen LogP) is 2.67. The summed E-state index contributed by atoms with van der Waals surface area (Å²) < 4.78 is 32.7. The van der Waals surface area contributed by atoms with Crippen molar-refractivity contribution in [2.45, 2.75) is 17.4 Å². The van der Waals surface area contributed by atoms with Crippen LogP contribution in [0.25, 0.3) is 0 Å². The molecule has 1 aliphatic rings. The second kappa shape index (κ2) is 8.13. The number of para-hydroxylation sites is 2. The third-order valence-electron chi connectivity index (χ3n) is 4.18. The number of sulfonamides is 1. The number of hydrogen-bond acceptors (Lipinski definition) is 7. The van der Waals surface area contributed by atoms with E-state index in [1.54, 1.807) is 29.6 Å². The number of nitrogens with zero attached hydrogens (tertiary/aromatic N) is 1. The molecular formula is C19H16N4O5S2. The number of anilines is 3. The van der Waals surface area contributed by atoms with Gasteiger partial charge in [-0.15, -0.1) is 11.3 Å². The zero-order valence-electron chi connectivity index (χ0n) is 15.4. The van der Waals surface area contributed by atoms with E-state index in [4.69, 9.17) is 4.74 Å². The Balaban J connectivity index is 1.38. The normalized spacial score (nSPS) is 15.5. The van der Waals surface area contributed by atoms with Crippen molar-refractivity contribution in [1.29, 1.82) is 0 Å². The van der Waals surface area contributed by atoms with Crippen molar-refractivity contribution in [3.8, 4) is 5.75 Å². The van der Waals surface area contributed by atoms with E-state index in [0.29, 0.717) is 17.1 Å². The molecule has 0 radical (unpaired) electrons. The van der Waals surface area contributed by atoms with E-state index in [-0.39, 0.29) is 16.4 Å². The zero-order chi connectivity index (χ0) is 21.1. The number of nitrogens with one attached hydrogen (secondary N) is 3. The molecule has 154 valence electrons. The molecule has 0 saturated heterocycles. The molecule has 4 rings (SSSR count). The maximum Gasteiger partial charge on any atom is 0.266 e. The molecule has 30 heavy (non-hydrogen) atoms. The molecule has 0 bridgehead atoms. The highest BCUT2D eigenvalue weighted by atomic mass is 32.2. The first kappa shape index (κ1) is 19.9. The quantitative estimate of drug-likeness (QED) is 0.537. The van der Waals surface area contributed by atoms with Crippen molar-refractivity contribution < 1.29 is 22.7 Å². The molecular weight excluding hydrogens is 428 g/mol. The monoisotopic (exact) mass is 444 g/mol. The average molecular weight is 444 g/mol. The van der Waals surface area contributed by atoms with E-state index in [9.17, 15) is 18.0 Å². The Bertz CT molecular complexity index is 1180. The van der Waals surface area contributed by atoms with Crippen molar-refractivity contribution >= 4 is 49.7 Å². The van der Waals surface area contributed by atoms with Crippen LogP contribution in [-0.2, 0) is 19.6 Å². The highest BCUT2D eigenvalue weighted by molar-refractivity contribution is 7.93. The molecule has 0 fully saturated rings. The lowest BCUT2D eigenvalue weighted by atomic mass is 10.1. The van der Waals surface area contributed by atoms with E-state index in [1.807, 2.05) is 0 Å². The Kier molecular flexibility index (Phi) is 5.38. The highest BCUT2D eigenvalue weighted by Gasteiger charge is 2.29. The second-order valence-electron chi connectivity index (χ2n) is 6.31. The van der Waals surface area contributed by atoms with E-state index in [2.05, 4.69) is 20.3 Å². The molecule has 3 N–H and O–H groups in total. The molecule has 1 aliphatic heterocycles. The van der Waals surface area contributed by atoms with E-state index in [1.165, 1.54) is 41.8 Å². The maximum atomic E-state index is 12.3. The minimum Gasteiger partial charge on any atom is -0.478 e. The summed E-state index contributed by atoms with van der Waals surface area (Å²) in [5.41, 5.74) is 0.951. The lowest BCUT2D eigenvalue weighted by Crippen LogP contribution is -2.39. The Morgan fingerprint density at radius 1 is 1.17 bits per heavy atom. The number of hydrogen-bond donors (Lipinski definition) is 3. The minimum atomic E-state index is -3.77. The number of thiazole rings is 1. The van der Waals surface area contributed by atoms with Gasteiger partial charge in [-0.1, -0.05) is 12.1 Å². The van der Waals surface area contributed by atoms with Gasteiger partial charge in [0.1, 0.15) is 5.75 Å². The van der Waals surface area contributed by atoms with Gasteiger partial charge in [-0.05, 0) is 36.4 Å². The first-order chi connectivity index (χ1) is 14.4. The first-order valence-electron chi connectivity index (χ1n) is 8.79. The summed E-state index contributed by atoms with van der Waals surface area (Å²) in [5.74, 6) is -0.346. The molecule has 0 saturated carbocycles. The number of benzene rings is 2. The highest BCUT2D eigenvalue weighted by Crippen LogP contribution is 2.29. The van der Waals surface area contributed by atoms with Crippen molar-refractivity contribution in [2.24, 2.45) is 0 Å². The van der Waals surface area contributed by atoms with Crippen LogP contribution in [0.4, 0.5) is 16.5 Å². The number of rotatable bonds is 6. The van der Waals surface area contributed by atoms with Gasteiger partial charge in [-0.2, -0.15) is 0 Å². The van der Waals surface area contributed by atoms with Gasteiger partial charge in [0, 0.05) is 17.3 Å². The van der Waals surface area contributed by atoms with Crippen LogP contribution in [0.3, 0.4) is 0 Å². The van der Waals surface area contributed by atoms with E-state index in [0.717, 1.165) is 0 Å². The van der Waals surface area contributed by atoms with Gasteiger partial charge in [0.25, 0.3) is 15.9 Å². The Hall–Kier alpha value is -3.44. The third kappa shape index (κ3) is 4.42. The van der Waals surface area contributed by atoms with Crippen molar-refractivity contribution in [3.05, 3.63) is 60.1 Å². The Morgan fingerprint density at radius 3 is 2.67 bits per heavy atom. The van der Waals surface area contributed by atoms with Gasteiger partial charge in [-0.25, -0.2) is 13.4 Å².